The topological polar surface area (TPSA) is 35.9 Å². The van der Waals surface area contributed by atoms with Crippen LogP contribution in [0.25, 0.3) is 0 Å². The van der Waals surface area contributed by atoms with E-state index in [4.69, 9.17) is 4.74 Å². The molecule has 0 radical (unpaired) electrons. The summed E-state index contributed by atoms with van der Waals surface area (Å²) in [6, 6.07) is 8.60. The molecule has 19 heavy (non-hydrogen) atoms. The third-order valence-corrected chi connectivity index (χ3v) is 3.63. The zero-order chi connectivity index (χ0) is 13.8. The third kappa shape index (κ3) is 3.93. The quantitative estimate of drug-likeness (QED) is 0.866. The van der Waals surface area contributed by atoms with Crippen molar-refractivity contribution in [3.05, 3.63) is 29.8 Å². The van der Waals surface area contributed by atoms with Gasteiger partial charge in [0.15, 0.2) is 0 Å². The number of hydrogen-bond donors (Lipinski definition) is 1. The molecule has 4 nitrogen and oxygen atoms in total. The highest BCUT2D eigenvalue weighted by Gasteiger charge is 2.30. The van der Waals surface area contributed by atoms with E-state index >= 15 is 0 Å². The van der Waals surface area contributed by atoms with Crippen molar-refractivity contribution >= 4 is 0 Å². The van der Waals surface area contributed by atoms with Gasteiger partial charge in [0.25, 0.3) is 0 Å². The Balaban J connectivity index is 1.99. The molecule has 0 amide bonds. The van der Waals surface area contributed by atoms with Crippen LogP contribution in [0.3, 0.4) is 0 Å². The molecule has 1 heterocycles. The minimum absolute atomic E-state index is 0.191. The van der Waals surface area contributed by atoms with Crippen molar-refractivity contribution in [3.63, 3.8) is 0 Å². The number of hydrogen-bond acceptors (Lipinski definition) is 4. The minimum atomic E-state index is -0.191. The van der Waals surface area contributed by atoms with Crippen molar-refractivity contribution in [2.24, 2.45) is 0 Å². The molecule has 106 valence electrons. The summed E-state index contributed by atoms with van der Waals surface area (Å²) in [5.74, 6) is 0.884. The average Bonchev–Trinajstić information content (AvgIpc) is 2.69. The third-order valence-electron chi connectivity index (χ3n) is 3.63. The Morgan fingerprint density at radius 3 is 2.58 bits per heavy atom. The Kier molecular flexibility index (Phi) is 4.80. The second kappa shape index (κ2) is 6.37. The lowest BCUT2D eigenvalue weighted by molar-refractivity contribution is 0.169. The highest BCUT2D eigenvalue weighted by molar-refractivity contribution is 5.27. The number of rotatable bonds is 5. The summed E-state index contributed by atoms with van der Waals surface area (Å²) in [6.07, 6.45) is 0.678. The molecule has 0 spiro atoms. The van der Waals surface area contributed by atoms with Crippen LogP contribution in [0, 0.1) is 0 Å². The molecule has 1 fully saturated rings. The van der Waals surface area contributed by atoms with Gasteiger partial charge >= 0.3 is 0 Å². The summed E-state index contributed by atoms with van der Waals surface area (Å²) >= 11 is 0. The molecule has 1 aromatic rings. The molecule has 2 unspecified atom stereocenters. The van der Waals surface area contributed by atoms with Gasteiger partial charge in [-0.15, -0.1) is 0 Å². The molecule has 1 aliphatic heterocycles. The standard InChI is InChI=1S/C15H24N2O2/c1-16(2)10-13-8-14(18)11-17(13)9-12-4-6-15(19-3)7-5-12/h4-7,13-14,18H,8-11H2,1-3H3. The molecule has 4 heteroatoms. The first-order chi connectivity index (χ1) is 9.08. The number of aliphatic hydroxyl groups is 1. The van der Waals surface area contributed by atoms with Crippen molar-refractivity contribution in [1.29, 1.82) is 0 Å². The number of methoxy groups -OCH3 is 1. The zero-order valence-electron chi connectivity index (χ0n) is 12.0. The van der Waals surface area contributed by atoms with Gasteiger partial charge in [-0.1, -0.05) is 12.1 Å². The van der Waals surface area contributed by atoms with Gasteiger partial charge in [-0.05, 0) is 38.2 Å². The Labute approximate surface area is 115 Å². The van der Waals surface area contributed by atoms with Gasteiger partial charge in [0, 0.05) is 25.7 Å². The summed E-state index contributed by atoms with van der Waals surface area (Å²) in [5, 5.41) is 9.86. The normalized spacial score (nSPS) is 24.1. The van der Waals surface area contributed by atoms with Crippen LogP contribution < -0.4 is 4.74 Å². The summed E-state index contributed by atoms with van der Waals surface area (Å²) in [4.78, 5) is 4.55. The van der Waals surface area contributed by atoms with E-state index < -0.39 is 0 Å². The van der Waals surface area contributed by atoms with Gasteiger partial charge in [-0.25, -0.2) is 0 Å². The fourth-order valence-electron chi connectivity index (χ4n) is 2.73. The Bertz CT molecular complexity index is 392. The van der Waals surface area contributed by atoms with E-state index in [0.717, 1.165) is 31.8 Å². The van der Waals surface area contributed by atoms with Gasteiger partial charge in [-0.2, -0.15) is 0 Å². The molecule has 0 aliphatic carbocycles. The van der Waals surface area contributed by atoms with E-state index in [9.17, 15) is 5.11 Å². The summed E-state index contributed by atoms with van der Waals surface area (Å²) < 4.78 is 5.17. The Morgan fingerprint density at radius 2 is 2.00 bits per heavy atom. The van der Waals surface area contributed by atoms with Crippen LogP contribution in [0.5, 0.6) is 5.75 Å². The highest BCUT2D eigenvalue weighted by Crippen LogP contribution is 2.22. The summed E-state index contributed by atoms with van der Waals surface area (Å²) in [7, 11) is 5.84. The molecule has 0 bridgehead atoms. The monoisotopic (exact) mass is 264 g/mol. The van der Waals surface area contributed by atoms with E-state index in [1.165, 1.54) is 5.56 Å². The van der Waals surface area contributed by atoms with E-state index in [-0.39, 0.29) is 6.10 Å². The number of likely N-dealkylation sites (tertiary alicyclic amines) is 1. The first-order valence-electron chi connectivity index (χ1n) is 6.78. The van der Waals surface area contributed by atoms with E-state index in [0.29, 0.717) is 6.04 Å². The second-order valence-corrected chi connectivity index (χ2v) is 5.58. The number of likely N-dealkylation sites (N-methyl/N-ethyl adjacent to an activating group) is 1. The van der Waals surface area contributed by atoms with E-state index in [2.05, 4.69) is 36.0 Å². The predicted molar refractivity (Wildman–Crippen MR) is 76.4 cm³/mol. The number of ether oxygens (including phenoxy) is 1. The van der Waals surface area contributed by atoms with Gasteiger partial charge < -0.3 is 14.7 Å². The van der Waals surface area contributed by atoms with Gasteiger partial charge in [-0.3, -0.25) is 4.90 Å². The summed E-state index contributed by atoms with van der Waals surface area (Å²) in [5.41, 5.74) is 1.26. The second-order valence-electron chi connectivity index (χ2n) is 5.58. The Hall–Kier alpha value is -1.10. The average molecular weight is 264 g/mol. The van der Waals surface area contributed by atoms with Crippen LogP contribution in [0.15, 0.2) is 24.3 Å². The van der Waals surface area contributed by atoms with Crippen LogP contribution in [0.2, 0.25) is 0 Å². The van der Waals surface area contributed by atoms with E-state index in [1.807, 2.05) is 12.1 Å². The maximum absolute atomic E-state index is 9.86. The fraction of sp³-hybridized carbons (Fsp3) is 0.600. The van der Waals surface area contributed by atoms with Crippen LogP contribution in [0.1, 0.15) is 12.0 Å². The van der Waals surface area contributed by atoms with Gasteiger partial charge in [0.05, 0.1) is 13.2 Å². The van der Waals surface area contributed by atoms with Crippen molar-refractivity contribution in [3.8, 4) is 5.75 Å². The van der Waals surface area contributed by atoms with Crippen LogP contribution in [-0.2, 0) is 6.54 Å². The SMILES string of the molecule is COc1ccc(CN2CC(O)CC2CN(C)C)cc1. The first-order valence-corrected chi connectivity index (χ1v) is 6.78. The van der Waals surface area contributed by atoms with Gasteiger partial charge in [0.1, 0.15) is 5.75 Å². The molecule has 1 N–H and O–H groups in total. The summed E-state index contributed by atoms with van der Waals surface area (Å²) in [6.45, 7) is 2.65. The largest absolute Gasteiger partial charge is 0.497 e. The number of β-amino-alcohol motifs (C(OH)–C–C–N with tert-alkyl or cyclic N) is 1. The molecule has 0 aromatic heterocycles. The van der Waals surface area contributed by atoms with Crippen molar-refractivity contribution in [2.45, 2.75) is 25.1 Å². The van der Waals surface area contributed by atoms with Gasteiger partial charge in [0.2, 0.25) is 0 Å². The molecule has 2 atom stereocenters. The van der Waals surface area contributed by atoms with Crippen LogP contribution in [-0.4, -0.2) is 61.3 Å². The molecule has 1 saturated heterocycles. The van der Waals surface area contributed by atoms with Crippen molar-refractivity contribution in [2.75, 3.05) is 34.3 Å². The maximum atomic E-state index is 9.86. The molecule has 0 saturated carbocycles. The lowest BCUT2D eigenvalue weighted by Gasteiger charge is -2.26. The van der Waals surface area contributed by atoms with E-state index in [1.54, 1.807) is 7.11 Å². The number of benzene rings is 1. The zero-order valence-corrected chi connectivity index (χ0v) is 12.0. The minimum Gasteiger partial charge on any atom is -0.497 e. The fourth-order valence-corrected chi connectivity index (χ4v) is 2.73. The smallest absolute Gasteiger partial charge is 0.118 e. The molecular formula is C15H24N2O2. The highest BCUT2D eigenvalue weighted by atomic mass is 16.5. The van der Waals surface area contributed by atoms with Crippen molar-refractivity contribution in [1.82, 2.24) is 9.80 Å². The lowest BCUT2D eigenvalue weighted by atomic mass is 10.1. The maximum Gasteiger partial charge on any atom is 0.118 e. The molecule has 2 rings (SSSR count). The van der Waals surface area contributed by atoms with Crippen LogP contribution in [0.4, 0.5) is 0 Å². The van der Waals surface area contributed by atoms with Crippen LogP contribution >= 0.6 is 0 Å². The number of aliphatic hydroxyl groups excluding tert-OH is 1. The number of nitrogens with zero attached hydrogens (tertiary/aromatic N) is 2. The molecular weight excluding hydrogens is 240 g/mol. The predicted octanol–water partition coefficient (Wildman–Crippen LogP) is 1.19. The molecule has 1 aromatic carbocycles. The Morgan fingerprint density at radius 1 is 1.32 bits per heavy atom. The lowest BCUT2D eigenvalue weighted by Crippen LogP contribution is -2.37. The van der Waals surface area contributed by atoms with Crippen molar-refractivity contribution < 1.29 is 9.84 Å². The first kappa shape index (κ1) is 14.3. The molecule has 1 aliphatic rings.